The van der Waals surface area contributed by atoms with Crippen molar-refractivity contribution in [3.05, 3.63) is 52.3 Å². The summed E-state index contributed by atoms with van der Waals surface area (Å²) in [5, 5.41) is 9.49. The Kier molecular flexibility index (Phi) is 7.70. The fraction of sp³-hybridized carbons (Fsp3) is 0.263. The number of nitriles is 1. The van der Waals surface area contributed by atoms with Crippen molar-refractivity contribution in [1.29, 1.82) is 5.26 Å². The summed E-state index contributed by atoms with van der Waals surface area (Å²) in [5.74, 6) is -5.32. The summed E-state index contributed by atoms with van der Waals surface area (Å²) in [7, 11) is -5.10. The summed E-state index contributed by atoms with van der Waals surface area (Å²) in [5.41, 5.74) is -0.715. The minimum atomic E-state index is -5.10. The molecule has 0 spiro atoms. The van der Waals surface area contributed by atoms with E-state index in [1.54, 1.807) is 13.0 Å². The lowest BCUT2D eigenvalue weighted by Gasteiger charge is -2.16. The molecular weight excluding hydrogens is 447 g/mol. The molecule has 0 radical (unpaired) electrons. The Balaban J connectivity index is 2.60. The summed E-state index contributed by atoms with van der Waals surface area (Å²) in [6.07, 6.45) is -0.520. The van der Waals surface area contributed by atoms with E-state index in [1.807, 2.05) is 0 Å². The molecule has 0 heterocycles. The lowest BCUT2D eigenvalue weighted by molar-refractivity contribution is -0.143. The van der Waals surface area contributed by atoms with Crippen LogP contribution in [0.5, 0.6) is 11.5 Å². The number of esters is 1. The van der Waals surface area contributed by atoms with Gasteiger partial charge >= 0.3 is 11.7 Å². The van der Waals surface area contributed by atoms with E-state index in [4.69, 9.17) is 21.1 Å². The largest absolute Gasteiger partial charge is 0.466 e. The zero-order valence-corrected chi connectivity index (χ0v) is 17.1. The maximum atomic E-state index is 13.6. The number of rotatable bonds is 8. The Hall–Kier alpha value is -2.77. The van der Waals surface area contributed by atoms with Crippen molar-refractivity contribution < 1.29 is 35.9 Å². The minimum Gasteiger partial charge on any atom is -0.466 e. The Morgan fingerprint density at radius 2 is 1.97 bits per heavy atom. The molecule has 0 aliphatic heterocycles. The highest BCUT2D eigenvalue weighted by Crippen LogP contribution is 2.35. The van der Waals surface area contributed by atoms with Gasteiger partial charge in [-0.1, -0.05) is 11.6 Å². The number of nitrogens with zero attached hydrogens (tertiary/aromatic N) is 1. The first-order valence-electron chi connectivity index (χ1n) is 8.47. The third-order valence-electron chi connectivity index (χ3n) is 3.83. The van der Waals surface area contributed by atoms with Gasteiger partial charge in [0.2, 0.25) is 9.84 Å². The number of benzene rings is 2. The van der Waals surface area contributed by atoms with Crippen molar-refractivity contribution in [3.8, 4) is 17.6 Å². The van der Waals surface area contributed by atoms with Crippen molar-refractivity contribution in [2.75, 3.05) is 6.61 Å². The molecule has 0 atom stereocenters. The second-order valence-corrected chi connectivity index (χ2v) is 8.17. The number of alkyl halides is 2. The second-order valence-electron chi connectivity index (χ2n) is 5.85. The molecule has 0 unspecified atom stereocenters. The zero-order chi connectivity index (χ0) is 22.5. The average Bonchev–Trinajstić information content (AvgIpc) is 2.65. The van der Waals surface area contributed by atoms with Crippen LogP contribution in [-0.2, 0) is 25.8 Å². The van der Waals surface area contributed by atoms with Gasteiger partial charge in [0, 0.05) is 23.1 Å². The number of ether oxygens (including phenoxy) is 2. The van der Waals surface area contributed by atoms with Crippen molar-refractivity contribution in [2.24, 2.45) is 0 Å². The molecule has 0 aliphatic carbocycles. The van der Waals surface area contributed by atoms with E-state index in [0.717, 1.165) is 24.3 Å². The van der Waals surface area contributed by atoms with Crippen LogP contribution in [0.3, 0.4) is 0 Å². The topological polar surface area (TPSA) is 93.5 Å². The lowest BCUT2D eigenvalue weighted by Crippen LogP contribution is -2.15. The molecular formula is C19H15ClF3NO5S. The summed E-state index contributed by atoms with van der Waals surface area (Å²) in [4.78, 5) is 10.8. The van der Waals surface area contributed by atoms with Crippen LogP contribution < -0.4 is 4.74 Å². The number of hydrogen-bond donors (Lipinski definition) is 0. The van der Waals surface area contributed by atoms with Gasteiger partial charge in [-0.05, 0) is 37.6 Å². The normalized spacial score (nSPS) is 11.2. The van der Waals surface area contributed by atoms with Crippen LogP contribution in [0.2, 0.25) is 5.02 Å². The third kappa shape index (κ3) is 5.43. The van der Waals surface area contributed by atoms with Gasteiger partial charge < -0.3 is 9.47 Å². The average molecular weight is 462 g/mol. The number of halogens is 4. The van der Waals surface area contributed by atoms with Crippen molar-refractivity contribution in [3.63, 3.8) is 0 Å². The highest BCUT2D eigenvalue weighted by Gasteiger charge is 2.31. The molecule has 0 N–H and O–H groups in total. The Bertz CT molecular complexity index is 1080. The highest BCUT2D eigenvalue weighted by molar-refractivity contribution is 7.91. The van der Waals surface area contributed by atoms with Crippen LogP contribution in [0.25, 0.3) is 0 Å². The van der Waals surface area contributed by atoms with E-state index in [0.29, 0.717) is 0 Å². The zero-order valence-electron chi connectivity index (χ0n) is 15.5. The van der Waals surface area contributed by atoms with E-state index in [-0.39, 0.29) is 41.5 Å². The SMILES string of the molecule is CCOC(=O)CCc1c(Oc2cc(F)cc(Cl)c2)ccc(S(=O)(=O)C(F)F)c1C#N. The third-order valence-corrected chi connectivity index (χ3v) is 5.47. The van der Waals surface area contributed by atoms with E-state index < -0.39 is 37.8 Å². The predicted octanol–water partition coefficient (Wildman–Crippen LogP) is 4.64. The molecule has 0 aliphatic rings. The lowest BCUT2D eigenvalue weighted by atomic mass is 10.0. The van der Waals surface area contributed by atoms with Crippen molar-refractivity contribution in [2.45, 2.75) is 30.4 Å². The number of carbonyl (C=O) groups is 1. The van der Waals surface area contributed by atoms with Crippen molar-refractivity contribution >= 4 is 27.4 Å². The van der Waals surface area contributed by atoms with Crippen LogP contribution in [-0.4, -0.2) is 26.8 Å². The Morgan fingerprint density at radius 1 is 1.27 bits per heavy atom. The molecule has 6 nitrogen and oxygen atoms in total. The predicted molar refractivity (Wildman–Crippen MR) is 101 cm³/mol. The van der Waals surface area contributed by atoms with Gasteiger partial charge in [-0.15, -0.1) is 0 Å². The van der Waals surface area contributed by atoms with Gasteiger partial charge in [-0.3, -0.25) is 4.79 Å². The smallest absolute Gasteiger partial charge is 0.341 e. The van der Waals surface area contributed by atoms with Gasteiger partial charge in [0.15, 0.2) is 0 Å². The standard InChI is InChI=1S/C19H15ClF3NO5S/c1-2-28-18(25)6-3-14-15(10-24)17(30(26,27)19(22)23)5-4-16(14)29-13-8-11(20)7-12(21)9-13/h4-5,7-9,19H,2-3,6H2,1H3. The number of sulfone groups is 1. The van der Waals surface area contributed by atoms with Gasteiger partial charge in [0.05, 0.1) is 17.1 Å². The molecule has 0 fully saturated rings. The molecule has 2 aromatic carbocycles. The van der Waals surface area contributed by atoms with Gasteiger partial charge in [-0.25, -0.2) is 12.8 Å². The molecule has 2 rings (SSSR count). The molecule has 0 saturated heterocycles. The Morgan fingerprint density at radius 3 is 2.53 bits per heavy atom. The monoisotopic (exact) mass is 461 g/mol. The van der Waals surface area contributed by atoms with Crippen LogP contribution in [0.4, 0.5) is 13.2 Å². The first-order valence-corrected chi connectivity index (χ1v) is 10.4. The van der Waals surface area contributed by atoms with Gasteiger partial charge in [0.25, 0.3) is 0 Å². The van der Waals surface area contributed by atoms with Crippen LogP contribution in [0.1, 0.15) is 24.5 Å². The Labute approximate surface area is 175 Å². The van der Waals surface area contributed by atoms with E-state index in [1.165, 1.54) is 6.07 Å². The van der Waals surface area contributed by atoms with Crippen molar-refractivity contribution in [1.82, 2.24) is 0 Å². The van der Waals surface area contributed by atoms with Crippen LogP contribution in [0, 0.1) is 17.1 Å². The molecule has 0 saturated carbocycles. The number of carbonyl (C=O) groups excluding carboxylic acids is 1. The molecule has 0 amide bonds. The minimum absolute atomic E-state index is 0.00970. The summed E-state index contributed by atoms with van der Waals surface area (Å²) in [6, 6.07) is 6.70. The number of hydrogen-bond acceptors (Lipinski definition) is 6. The first-order chi connectivity index (χ1) is 14.1. The van der Waals surface area contributed by atoms with E-state index >= 15 is 0 Å². The summed E-state index contributed by atoms with van der Waals surface area (Å²) >= 11 is 5.78. The van der Waals surface area contributed by atoms with Crippen LogP contribution >= 0.6 is 11.6 Å². The fourth-order valence-electron chi connectivity index (χ4n) is 2.58. The second kappa shape index (κ2) is 9.82. The molecule has 2 aromatic rings. The van der Waals surface area contributed by atoms with E-state index in [2.05, 4.69) is 0 Å². The summed E-state index contributed by atoms with van der Waals surface area (Å²) < 4.78 is 73.9. The maximum absolute atomic E-state index is 13.6. The fourth-order valence-corrected chi connectivity index (χ4v) is 3.70. The molecule has 30 heavy (non-hydrogen) atoms. The molecule has 11 heteroatoms. The molecule has 0 bridgehead atoms. The highest BCUT2D eigenvalue weighted by atomic mass is 35.5. The van der Waals surface area contributed by atoms with Gasteiger partial charge in [-0.2, -0.15) is 14.0 Å². The van der Waals surface area contributed by atoms with Crippen LogP contribution in [0.15, 0.2) is 35.2 Å². The quantitative estimate of drug-likeness (QED) is 0.532. The maximum Gasteiger partial charge on any atom is 0.341 e. The molecule has 160 valence electrons. The van der Waals surface area contributed by atoms with E-state index in [9.17, 15) is 31.6 Å². The molecule has 0 aromatic heterocycles. The first kappa shape index (κ1) is 23.5. The summed E-state index contributed by atoms with van der Waals surface area (Å²) in [6.45, 7) is 1.67. The van der Waals surface area contributed by atoms with Gasteiger partial charge in [0.1, 0.15) is 23.4 Å².